The molecule has 0 bridgehead atoms. The Morgan fingerprint density at radius 1 is 1.20 bits per heavy atom. The molecule has 0 amide bonds. The van der Waals surface area contributed by atoms with Crippen LogP contribution < -0.4 is 5.73 Å². The van der Waals surface area contributed by atoms with Gasteiger partial charge in [0.05, 0.1) is 11.6 Å². The minimum atomic E-state index is 0.635. The molecule has 1 heterocycles. The standard InChI is InChI=1S/C16H12ClN3/c17-13-5-4-12(15(19)8-13)10-20-7-6-14-11(9-18)2-1-3-16(14)20/h1-8H,10,19H2. The Labute approximate surface area is 121 Å². The number of hydrogen-bond donors (Lipinski definition) is 1. The van der Waals surface area contributed by atoms with Crippen LogP contribution in [-0.2, 0) is 6.54 Å². The highest BCUT2D eigenvalue weighted by molar-refractivity contribution is 6.30. The molecule has 0 saturated heterocycles. The van der Waals surface area contributed by atoms with Crippen molar-refractivity contribution in [2.24, 2.45) is 0 Å². The van der Waals surface area contributed by atoms with E-state index < -0.39 is 0 Å². The fourth-order valence-corrected chi connectivity index (χ4v) is 2.53. The maximum Gasteiger partial charge on any atom is 0.0998 e. The van der Waals surface area contributed by atoms with Gasteiger partial charge in [-0.25, -0.2) is 0 Å². The van der Waals surface area contributed by atoms with Gasteiger partial charge in [0.15, 0.2) is 0 Å². The summed E-state index contributed by atoms with van der Waals surface area (Å²) in [5, 5.41) is 10.7. The summed E-state index contributed by atoms with van der Waals surface area (Å²) in [6.45, 7) is 0.654. The Bertz CT molecular complexity index is 827. The molecule has 0 aliphatic heterocycles. The number of nitrogens with zero attached hydrogens (tertiary/aromatic N) is 2. The lowest BCUT2D eigenvalue weighted by molar-refractivity contribution is 0.839. The predicted octanol–water partition coefficient (Wildman–Crippen LogP) is 3.80. The summed E-state index contributed by atoms with van der Waals surface area (Å²) in [6, 6.07) is 15.4. The Hall–Kier alpha value is -2.44. The second-order valence-electron chi connectivity index (χ2n) is 4.64. The zero-order valence-corrected chi connectivity index (χ0v) is 11.4. The van der Waals surface area contributed by atoms with E-state index in [1.165, 1.54) is 0 Å². The smallest absolute Gasteiger partial charge is 0.0998 e. The number of hydrogen-bond acceptors (Lipinski definition) is 2. The first-order chi connectivity index (χ1) is 9.69. The summed E-state index contributed by atoms with van der Waals surface area (Å²) in [7, 11) is 0. The van der Waals surface area contributed by atoms with Crippen LogP contribution in [0.25, 0.3) is 10.9 Å². The summed E-state index contributed by atoms with van der Waals surface area (Å²) in [5.41, 5.74) is 9.39. The van der Waals surface area contributed by atoms with Crippen molar-refractivity contribution in [3.63, 3.8) is 0 Å². The highest BCUT2D eigenvalue weighted by Crippen LogP contribution is 2.23. The largest absolute Gasteiger partial charge is 0.398 e. The van der Waals surface area contributed by atoms with E-state index in [1.807, 2.05) is 42.6 Å². The summed E-state index contributed by atoms with van der Waals surface area (Å²) in [6.07, 6.45) is 1.97. The van der Waals surface area contributed by atoms with Gasteiger partial charge in [0, 0.05) is 34.4 Å². The number of nitrogens with two attached hydrogens (primary N) is 1. The van der Waals surface area contributed by atoms with Gasteiger partial charge in [-0.1, -0.05) is 23.7 Å². The molecule has 0 fully saturated rings. The van der Waals surface area contributed by atoms with Crippen molar-refractivity contribution in [3.05, 3.63) is 64.8 Å². The third kappa shape index (κ3) is 2.11. The van der Waals surface area contributed by atoms with Crippen LogP contribution in [0.2, 0.25) is 5.02 Å². The molecule has 0 unspecified atom stereocenters. The van der Waals surface area contributed by atoms with Crippen LogP contribution in [0.3, 0.4) is 0 Å². The SMILES string of the molecule is N#Cc1cccc2c1ccn2Cc1ccc(Cl)cc1N. The number of benzene rings is 2. The third-order valence-corrected chi connectivity index (χ3v) is 3.62. The van der Waals surface area contributed by atoms with Crippen LogP contribution in [0.15, 0.2) is 48.7 Å². The van der Waals surface area contributed by atoms with E-state index in [0.29, 0.717) is 22.8 Å². The first-order valence-corrected chi connectivity index (χ1v) is 6.58. The lowest BCUT2D eigenvalue weighted by Crippen LogP contribution is -2.01. The van der Waals surface area contributed by atoms with E-state index in [9.17, 15) is 0 Å². The summed E-state index contributed by atoms with van der Waals surface area (Å²) >= 11 is 5.91. The molecule has 3 rings (SSSR count). The van der Waals surface area contributed by atoms with Crippen LogP contribution >= 0.6 is 11.6 Å². The normalized spacial score (nSPS) is 10.6. The van der Waals surface area contributed by atoms with Crippen molar-refractivity contribution in [1.29, 1.82) is 5.26 Å². The molecule has 3 nitrogen and oxygen atoms in total. The first-order valence-electron chi connectivity index (χ1n) is 6.21. The Morgan fingerprint density at radius 2 is 2.05 bits per heavy atom. The first kappa shape index (κ1) is 12.6. The van der Waals surface area contributed by atoms with Crippen LogP contribution in [-0.4, -0.2) is 4.57 Å². The second-order valence-corrected chi connectivity index (χ2v) is 5.07. The molecule has 3 aromatic rings. The van der Waals surface area contributed by atoms with Crippen molar-refractivity contribution < 1.29 is 0 Å². The van der Waals surface area contributed by atoms with Gasteiger partial charge in [-0.2, -0.15) is 5.26 Å². The van der Waals surface area contributed by atoms with Crippen molar-refractivity contribution in [1.82, 2.24) is 4.57 Å². The summed E-state index contributed by atoms with van der Waals surface area (Å²) in [4.78, 5) is 0. The number of nitriles is 1. The zero-order chi connectivity index (χ0) is 14.1. The molecule has 0 aliphatic carbocycles. The molecule has 0 saturated carbocycles. The number of fused-ring (bicyclic) bond motifs is 1. The lowest BCUT2D eigenvalue weighted by atomic mass is 10.1. The van der Waals surface area contributed by atoms with E-state index in [0.717, 1.165) is 16.5 Å². The van der Waals surface area contributed by atoms with Gasteiger partial charge < -0.3 is 10.3 Å². The van der Waals surface area contributed by atoms with Gasteiger partial charge in [0.2, 0.25) is 0 Å². The molecular weight excluding hydrogens is 270 g/mol. The number of aromatic nitrogens is 1. The van der Waals surface area contributed by atoms with Crippen LogP contribution in [0, 0.1) is 11.3 Å². The number of rotatable bonds is 2. The van der Waals surface area contributed by atoms with Crippen molar-refractivity contribution in [3.8, 4) is 6.07 Å². The average Bonchev–Trinajstić information content (AvgIpc) is 2.85. The van der Waals surface area contributed by atoms with Crippen molar-refractivity contribution >= 4 is 28.2 Å². The van der Waals surface area contributed by atoms with Crippen LogP contribution in [0.5, 0.6) is 0 Å². The average molecular weight is 282 g/mol. The molecule has 98 valence electrons. The van der Waals surface area contributed by atoms with E-state index in [1.54, 1.807) is 6.07 Å². The zero-order valence-electron chi connectivity index (χ0n) is 10.7. The maximum absolute atomic E-state index is 9.12. The van der Waals surface area contributed by atoms with Gasteiger partial charge in [0.25, 0.3) is 0 Å². The minimum absolute atomic E-state index is 0.635. The maximum atomic E-state index is 9.12. The van der Waals surface area contributed by atoms with Crippen molar-refractivity contribution in [2.45, 2.75) is 6.54 Å². The molecular formula is C16H12ClN3. The van der Waals surface area contributed by atoms with Crippen LogP contribution in [0.1, 0.15) is 11.1 Å². The molecule has 1 aromatic heterocycles. The van der Waals surface area contributed by atoms with Crippen LogP contribution in [0.4, 0.5) is 5.69 Å². The Morgan fingerprint density at radius 3 is 2.80 bits per heavy atom. The number of nitrogen functional groups attached to an aromatic ring is 1. The van der Waals surface area contributed by atoms with Gasteiger partial charge in [-0.05, 0) is 35.9 Å². The molecule has 20 heavy (non-hydrogen) atoms. The Kier molecular flexibility index (Phi) is 3.09. The fourth-order valence-electron chi connectivity index (χ4n) is 2.35. The fraction of sp³-hybridized carbons (Fsp3) is 0.0625. The van der Waals surface area contributed by atoms with Gasteiger partial charge in [-0.3, -0.25) is 0 Å². The highest BCUT2D eigenvalue weighted by atomic mass is 35.5. The van der Waals surface area contributed by atoms with Gasteiger partial charge >= 0.3 is 0 Å². The topological polar surface area (TPSA) is 54.7 Å². The number of halogens is 1. The van der Waals surface area contributed by atoms with Gasteiger partial charge in [-0.15, -0.1) is 0 Å². The molecule has 0 aliphatic rings. The van der Waals surface area contributed by atoms with E-state index in [4.69, 9.17) is 22.6 Å². The minimum Gasteiger partial charge on any atom is -0.398 e. The predicted molar refractivity (Wildman–Crippen MR) is 81.6 cm³/mol. The molecule has 0 spiro atoms. The van der Waals surface area contributed by atoms with E-state index in [2.05, 4.69) is 10.6 Å². The molecule has 0 radical (unpaired) electrons. The van der Waals surface area contributed by atoms with Gasteiger partial charge in [0.1, 0.15) is 0 Å². The van der Waals surface area contributed by atoms with E-state index >= 15 is 0 Å². The number of anilines is 1. The van der Waals surface area contributed by atoms with E-state index in [-0.39, 0.29) is 0 Å². The summed E-state index contributed by atoms with van der Waals surface area (Å²) in [5.74, 6) is 0. The molecule has 2 N–H and O–H groups in total. The quantitative estimate of drug-likeness (QED) is 0.727. The summed E-state index contributed by atoms with van der Waals surface area (Å²) < 4.78 is 2.08. The molecule has 0 atom stereocenters. The second kappa shape index (κ2) is 4.92. The lowest BCUT2D eigenvalue weighted by Gasteiger charge is -2.09. The Balaban J connectivity index is 2.06. The van der Waals surface area contributed by atoms with Crippen molar-refractivity contribution in [2.75, 3.05) is 5.73 Å². The molecule has 2 aromatic carbocycles. The third-order valence-electron chi connectivity index (χ3n) is 3.38. The monoisotopic (exact) mass is 281 g/mol. The molecule has 4 heteroatoms. The highest BCUT2D eigenvalue weighted by Gasteiger charge is 2.07.